The zero-order chi connectivity index (χ0) is 18.4. The van der Waals surface area contributed by atoms with Crippen LogP contribution < -0.4 is 14.8 Å². The van der Waals surface area contributed by atoms with Gasteiger partial charge >= 0.3 is 0 Å². The Bertz CT molecular complexity index is 875. The lowest BCUT2D eigenvalue weighted by Gasteiger charge is -2.10. The van der Waals surface area contributed by atoms with Crippen LogP contribution in [0.4, 0.5) is 5.69 Å². The molecule has 0 saturated heterocycles. The topological polar surface area (TPSA) is 86.5 Å². The van der Waals surface area contributed by atoms with Crippen LogP contribution in [0.2, 0.25) is 0 Å². The first-order chi connectivity index (χ1) is 12.7. The molecule has 3 aromatic rings. The molecule has 0 unspecified atom stereocenters. The summed E-state index contributed by atoms with van der Waals surface area (Å²) in [6.07, 6.45) is 0.690. The Morgan fingerprint density at radius 2 is 1.88 bits per heavy atom. The Balaban J connectivity index is 1.57. The predicted molar refractivity (Wildman–Crippen MR) is 96.2 cm³/mol. The molecule has 0 radical (unpaired) electrons. The van der Waals surface area contributed by atoms with Crippen molar-refractivity contribution in [3.05, 3.63) is 54.4 Å². The third-order valence-corrected chi connectivity index (χ3v) is 3.62. The van der Waals surface area contributed by atoms with E-state index in [-0.39, 0.29) is 12.5 Å². The lowest BCUT2D eigenvalue weighted by molar-refractivity contribution is -0.118. The Morgan fingerprint density at radius 3 is 2.58 bits per heavy atom. The van der Waals surface area contributed by atoms with Gasteiger partial charge in [-0.05, 0) is 36.4 Å². The number of aromatic nitrogens is 2. The largest absolute Gasteiger partial charge is 0.495 e. The molecule has 0 fully saturated rings. The van der Waals surface area contributed by atoms with Crippen LogP contribution >= 0.6 is 0 Å². The number of nitrogens with zero attached hydrogens (tertiary/aromatic N) is 2. The Hall–Kier alpha value is -3.35. The van der Waals surface area contributed by atoms with Crippen LogP contribution in [0.15, 0.2) is 52.9 Å². The summed E-state index contributed by atoms with van der Waals surface area (Å²) in [5.41, 5.74) is 1.39. The maximum absolute atomic E-state index is 12.1. The van der Waals surface area contributed by atoms with Crippen molar-refractivity contribution in [3.8, 4) is 23.0 Å². The highest BCUT2D eigenvalue weighted by molar-refractivity contribution is 5.93. The summed E-state index contributed by atoms with van der Waals surface area (Å²) in [4.78, 5) is 12.1. The fourth-order valence-corrected chi connectivity index (χ4v) is 2.29. The Kier molecular flexibility index (Phi) is 5.48. The van der Waals surface area contributed by atoms with Crippen molar-refractivity contribution in [2.75, 3.05) is 19.0 Å². The fourth-order valence-electron chi connectivity index (χ4n) is 2.29. The van der Waals surface area contributed by atoms with Crippen LogP contribution in [0.1, 0.15) is 12.8 Å². The van der Waals surface area contributed by atoms with Crippen molar-refractivity contribution in [3.63, 3.8) is 0 Å². The van der Waals surface area contributed by atoms with Crippen LogP contribution in [-0.4, -0.2) is 29.8 Å². The average Bonchev–Trinajstić information content (AvgIpc) is 3.16. The average molecular weight is 353 g/mol. The minimum absolute atomic E-state index is 0.113. The minimum Gasteiger partial charge on any atom is -0.495 e. The molecule has 2 aromatic carbocycles. The van der Waals surface area contributed by atoms with Crippen molar-refractivity contribution in [1.82, 2.24) is 10.2 Å². The van der Waals surface area contributed by atoms with Gasteiger partial charge in [0.15, 0.2) is 6.61 Å². The molecule has 0 aliphatic rings. The van der Waals surface area contributed by atoms with Gasteiger partial charge in [0.1, 0.15) is 11.5 Å². The molecule has 0 atom stereocenters. The summed E-state index contributed by atoms with van der Waals surface area (Å²) in [7, 11) is 1.55. The second-order valence-corrected chi connectivity index (χ2v) is 5.42. The number of benzene rings is 2. The number of nitrogens with one attached hydrogen (secondary N) is 1. The fraction of sp³-hybridized carbons (Fsp3) is 0.211. The van der Waals surface area contributed by atoms with Gasteiger partial charge in [-0.15, -0.1) is 10.2 Å². The van der Waals surface area contributed by atoms with Gasteiger partial charge in [0.2, 0.25) is 11.8 Å². The molecular formula is C19H19N3O4. The van der Waals surface area contributed by atoms with Crippen molar-refractivity contribution < 1.29 is 18.7 Å². The first kappa shape index (κ1) is 17.5. The number of hydrogen-bond acceptors (Lipinski definition) is 6. The number of aryl methyl sites for hydroxylation is 1. The Morgan fingerprint density at radius 1 is 1.12 bits per heavy atom. The number of anilines is 1. The summed E-state index contributed by atoms with van der Waals surface area (Å²) in [5, 5.41) is 10.7. The van der Waals surface area contributed by atoms with Gasteiger partial charge in [-0.3, -0.25) is 4.79 Å². The molecule has 1 N–H and O–H groups in total. The normalized spacial score (nSPS) is 10.4. The molecule has 134 valence electrons. The van der Waals surface area contributed by atoms with Gasteiger partial charge in [0.05, 0.1) is 12.8 Å². The maximum atomic E-state index is 12.1. The van der Waals surface area contributed by atoms with E-state index in [1.165, 1.54) is 0 Å². The van der Waals surface area contributed by atoms with Crippen molar-refractivity contribution in [2.45, 2.75) is 13.3 Å². The molecule has 7 nitrogen and oxygen atoms in total. The van der Waals surface area contributed by atoms with E-state index >= 15 is 0 Å². The third-order valence-electron chi connectivity index (χ3n) is 3.62. The number of carbonyl (C=O) groups excluding carboxylic acids is 1. The smallest absolute Gasteiger partial charge is 0.262 e. The molecule has 0 saturated carbocycles. The predicted octanol–water partition coefficient (Wildman–Crippen LogP) is 3.33. The van der Waals surface area contributed by atoms with E-state index < -0.39 is 0 Å². The number of ether oxygens (including phenoxy) is 2. The summed E-state index contributed by atoms with van der Waals surface area (Å²) in [5.74, 6) is 1.94. The van der Waals surface area contributed by atoms with Crippen molar-refractivity contribution in [2.24, 2.45) is 0 Å². The van der Waals surface area contributed by atoms with Crippen LogP contribution in [0.3, 0.4) is 0 Å². The maximum Gasteiger partial charge on any atom is 0.262 e. The lowest BCUT2D eigenvalue weighted by Crippen LogP contribution is -2.20. The third kappa shape index (κ3) is 4.18. The summed E-state index contributed by atoms with van der Waals surface area (Å²) >= 11 is 0. The zero-order valence-corrected chi connectivity index (χ0v) is 14.6. The minimum atomic E-state index is -0.275. The van der Waals surface area contributed by atoms with Crippen molar-refractivity contribution >= 4 is 11.6 Å². The molecule has 0 spiro atoms. The molecule has 7 heteroatoms. The Labute approximate surface area is 151 Å². The molecular weight excluding hydrogens is 334 g/mol. The standard InChI is InChI=1S/C19H19N3O4/c1-3-18-21-22-19(26-18)13-8-10-14(11-9-13)25-12-17(23)20-15-6-4-5-7-16(15)24-2/h4-11H,3,12H2,1-2H3,(H,20,23). The first-order valence-electron chi connectivity index (χ1n) is 8.18. The highest BCUT2D eigenvalue weighted by atomic mass is 16.5. The monoisotopic (exact) mass is 353 g/mol. The highest BCUT2D eigenvalue weighted by Gasteiger charge is 2.09. The summed E-state index contributed by atoms with van der Waals surface area (Å²) in [6, 6.07) is 14.3. The number of methoxy groups -OCH3 is 1. The van der Waals surface area contributed by atoms with Gasteiger partial charge in [-0.2, -0.15) is 0 Å². The van der Waals surface area contributed by atoms with E-state index in [2.05, 4.69) is 15.5 Å². The molecule has 0 aliphatic heterocycles. The molecule has 0 aliphatic carbocycles. The second-order valence-electron chi connectivity index (χ2n) is 5.42. The number of amides is 1. The number of hydrogen-bond donors (Lipinski definition) is 1. The first-order valence-corrected chi connectivity index (χ1v) is 8.18. The number of para-hydroxylation sites is 2. The molecule has 3 rings (SSSR count). The molecule has 1 aromatic heterocycles. The van der Waals surface area contributed by atoms with E-state index in [1.54, 1.807) is 43.5 Å². The van der Waals surface area contributed by atoms with E-state index in [0.717, 1.165) is 5.56 Å². The van der Waals surface area contributed by atoms with E-state index in [4.69, 9.17) is 13.9 Å². The second kappa shape index (κ2) is 8.15. The van der Waals surface area contributed by atoms with Crippen LogP contribution in [0.5, 0.6) is 11.5 Å². The van der Waals surface area contributed by atoms with Gasteiger partial charge in [0, 0.05) is 12.0 Å². The number of rotatable bonds is 7. The van der Waals surface area contributed by atoms with Gasteiger partial charge in [0.25, 0.3) is 5.91 Å². The van der Waals surface area contributed by atoms with Crippen molar-refractivity contribution in [1.29, 1.82) is 0 Å². The zero-order valence-electron chi connectivity index (χ0n) is 14.6. The summed E-state index contributed by atoms with van der Waals surface area (Å²) < 4.78 is 16.2. The van der Waals surface area contributed by atoms with E-state index in [1.807, 2.05) is 19.1 Å². The van der Waals surface area contributed by atoms with Gasteiger partial charge < -0.3 is 19.2 Å². The van der Waals surface area contributed by atoms with E-state index in [0.29, 0.717) is 35.4 Å². The van der Waals surface area contributed by atoms with Gasteiger partial charge in [-0.1, -0.05) is 19.1 Å². The summed E-state index contributed by atoms with van der Waals surface area (Å²) in [6.45, 7) is 1.84. The molecule has 0 bridgehead atoms. The molecule has 26 heavy (non-hydrogen) atoms. The number of carbonyl (C=O) groups is 1. The molecule has 1 amide bonds. The van der Waals surface area contributed by atoms with Crippen LogP contribution in [0.25, 0.3) is 11.5 Å². The quantitative estimate of drug-likeness (QED) is 0.701. The van der Waals surface area contributed by atoms with Crippen LogP contribution in [0, 0.1) is 0 Å². The highest BCUT2D eigenvalue weighted by Crippen LogP contribution is 2.23. The lowest BCUT2D eigenvalue weighted by atomic mass is 10.2. The van der Waals surface area contributed by atoms with Gasteiger partial charge in [-0.25, -0.2) is 0 Å². The molecule has 1 heterocycles. The van der Waals surface area contributed by atoms with E-state index in [9.17, 15) is 4.79 Å². The SMILES string of the molecule is CCc1nnc(-c2ccc(OCC(=O)Nc3ccccc3OC)cc2)o1. The van der Waals surface area contributed by atoms with Crippen LogP contribution in [-0.2, 0) is 11.2 Å².